The van der Waals surface area contributed by atoms with Crippen LogP contribution in [0.15, 0.2) is 194 Å². The number of ether oxygens (including phenoxy) is 1. The number of benzene rings is 7. The van der Waals surface area contributed by atoms with Gasteiger partial charge in [0.15, 0.2) is 0 Å². The van der Waals surface area contributed by atoms with Gasteiger partial charge >= 0.3 is 0 Å². The molecule has 0 bridgehead atoms. The third kappa shape index (κ3) is 8.25. The van der Waals surface area contributed by atoms with Crippen molar-refractivity contribution in [3.05, 3.63) is 205 Å². The smallest absolute Gasteiger partial charge is 0.128 e. The Morgan fingerprint density at radius 3 is 1.68 bits per heavy atom. The Labute approximate surface area is 388 Å². The summed E-state index contributed by atoms with van der Waals surface area (Å²) >= 11 is 0. The summed E-state index contributed by atoms with van der Waals surface area (Å²) in [6.45, 7) is 13.7. The van der Waals surface area contributed by atoms with Crippen LogP contribution in [0.1, 0.15) is 52.7 Å². The van der Waals surface area contributed by atoms with Crippen LogP contribution in [0.4, 0.5) is 17.1 Å². The van der Waals surface area contributed by atoms with Crippen LogP contribution in [0.25, 0.3) is 77.8 Å². The lowest BCUT2D eigenvalue weighted by Gasteiger charge is -2.27. The van der Waals surface area contributed by atoms with Gasteiger partial charge in [-0.3, -0.25) is 4.98 Å². The molecule has 0 aliphatic heterocycles. The van der Waals surface area contributed by atoms with Crippen molar-refractivity contribution in [2.75, 3.05) is 12.0 Å². The number of pyridine rings is 2. The lowest BCUT2D eigenvalue weighted by molar-refractivity contribution is 0.416. The molecule has 5 heteroatoms. The van der Waals surface area contributed by atoms with Crippen molar-refractivity contribution in [3.63, 3.8) is 0 Å². The summed E-state index contributed by atoms with van der Waals surface area (Å²) in [6, 6.07) is 67.0. The molecule has 7 aromatic carbocycles. The van der Waals surface area contributed by atoms with E-state index < -0.39 is 0 Å². The van der Waals surface area contributed by atoms with Crippen LogP contribution in [-0.2, 0) is 10.8 Å². The lowest BCUT2D eigenvalue weighted by Crippen LogP contribution is -2.16. The van der Waals surface area contributed by atoms with E-state index in [1.165, 1.54) is 21.9 Å². The van der Waals surface area contributed by atoms with Gasteiger partial charge in [-0.25, -0.2) is 4.98 Å². The van der Waals surface area contributed by atoms with Crippen molar-refractivity contribution in [3.8, 4) is 61.8 Å². The molecule has 0 radical (unpaired) electrons. The highest BCUT2D eigenvalue weighted by Gasteiger charge is 2.23. The number of para-hydroxylation sites is 5. The van der Waals surface area contributed by atoms with Crippen molar-refractivity contribution in [1.29, 1.82) is 0 Å². The van der Waals surface area contributed by atoms with Crippen LogP contribution in [0.5, 0.6) is 5.75 Å². The molecule has 0 aliphatic rings. The summed E-state index contributed by atoms with van der Waals surface area (Å²) in [4.78, 5) is 16.7. The molecule has 66 heavy (non-hydrogen) atoms. The first-order valence-corrected chi connectivity index (χ1v) is 22.8. The Morgan fingerprint density at radius 2 is 1.00 bits per heavy atom. The Morgan fingerprint density at radius 1 is 0.439 bits per heavy atom. The lowest BCUT2D eigenvalue weighted by atomic mass is 9.79. The molecule has 3 heterocycles. The molecule has 10 aromatic rings. The van der Waals surface area contributed by atoms with E-state index in [0.717, 1.165) is 89.9 Å². The maximum absolute atomic E-state index is 5.98. The van der Waals surface area contributed by atoms with Gasteiger partial charge in [-0.15, -0.1) is 0 Å². The molecule has 0 saturated heterocycles. The van der Waals surface area contributed by atoms with Crippen molar-refractivity contribution >= 4 is 38.9 Å². The minimum atomic E-state index is -0.0552. The van der Waals surface area contributed by atoms with Gasteiger partial charge in [0, 0.05) is 61.8 Å². The number of hydrogen-bond acceptors (Lipinski definition) is 4. The van der Waals surface area contributed by atoms with E-state index in [4.69, 9.17) is 14.7 Å². The average molecular weight is 859 g/mol. The normalized spacial score (nSPS) is 11.9. The van der Waals surface area contributed by atoms with Crippen molar-refractivity contribution in [2.45, 2.75) is 52.4 Å². The molecule has 0 unspecified atom stereocenters. The topological polar surface area (TPSA) is 54.0 Å². The van der Waals surface area contributed by atoms with E-state index >= 15 is 0 Å². The number of methoxy groups -OCH3 is 1. The summed E-state index contributed by atoms with van der Waals surface area (Å²) in [5.41, 5.74) is 17.6. The number of nitrogens with one attached hydrogen (secondary N) is 1. The molecule has 0 fully saturated rings. The van der Waals surface area contributed by atoms with Gasteiger partial charge in [-0.1, -0.05) is 145 Å². The molecule has 5 nitrogen and oxygen atoms in total. The summed E-state index contributed by atoms with van der Waals surface area (Å²) in [5.74, 6) is 0.770. The predicted octanol–water partition coefficient (Wildman–Crippen LogP) is 16.5. The Bertz CT molecular complexity index is 3300. The third-order valence-electron chi connectivity index (χ3n) is 12.6. The van der Waals surface area contributed by atoms with Crippen molar-refractivity contribution in [2.24, 2.45) is 0 Å². The molecular weight excluding hydrogens is 805 g/mol. The second-order valence-corrected chi connectivity index (χ2v) is 19.2. The molecule has 1 N–H and O–H groups in total. The van der Waals surface area contributed by atoms with Gasteiger partial charge in [0.1, 0.15) is 5.75 Å². The molecule has 0 atom stereocenters. The number of hydrogen-bond donors (Lipinski definition) is 1. The van der Waals surface area contributed by atoms with E-state index in [9.17, 15) is 0 Å². The number of anilines is 3. The van der Waals surface area contributed by atoms with E-state index in [-0.39, 0.29) is 10.8 Å². The Kier molecular flexibility index (Phi) is 10.9. The van der Waals surface area contributed by atoms with Gasteiger partial charge in [-0.2, -0.15) is 0 Å². The summed E-state index contributed by atoms with van der Waals surface area (Å²) in [6.07, 6.45) is 1.93. The highest BCUT2D eigenvalue weighted by Crippen LogP contribution is 2.43. The number of aromatic amines is 1. The number of H-pyrrole nitrogens is 1. The monoisotopic (exact) mass is 858 g/mol. The Hall–Kier alpha value is -7.76. The Balaban J connectivity index is 1.23. The maximum Gasteiger partial charge on any atom is 0.128 e. The summed E-state index contributed by atoms with van der Waals surface area (Å²) < 4.78 is 5.98. The quantitative estimate of drug-likeness (QED) is 0.157. The fraction of sp³-hybridized carbons (Fsp3) is 0.148. The highest BCUT2D eigenvalue weighted by molar-refractivity contribution is 6.12. The van der Waals surface area contributed by atoms with Crippen LogP contribution in [0.3, 0.4) is 0 Å². The first-order chi connectivity index (χ1) is 31.9. The predicted molar refractivity (Wildman–Crippen MR) is 277 cm³/mol. The fourth-order valence-electron chi connectivity index (χ4n) is 9.01. The number of aromatic nitrogens is 3. The van der Waals surface area contributed by atoms with Crippen molar-refractivity contribution in [1.82, 2.24) is 15.0 Å². The average Bonchev–Trinajstić information content (AvgIpc) is 3.73. The molecule has 0 spiro atoms. The second-order valence-electron chi connectivity index (χ2n) is 19.2. The number of fused-ring (bicyclic) bond motifs is 3. The minimum Gasteiger partial charge on any atom is -0.496 e. The first-order valence-electron chi connectivity index (χ1n) is 22.8. The second kappa shape index (κ2) is 17.0. The van der Waals surface area contributed by atoms with Crippen LogP contribution in [0.2, 0.25) is 0 Å². The molecular formula is C61H54N4O. The van der Waals surface area contributed by atoms with Gasteiger partial charge in [0.2, 0.25) is 0 Å². The first kappa shape index (κ1) is 42.2. The molecule has 0 saturated carbocycles. The van der Waals surface area contributed by atoms with Gasteiger partial charge in [0.25, 0.3) is 0 Å². The molecule has 10 rings (SSSR count). The molecule has 0 amide bonds. The minimum absolute atomic E-state index is 0.0552. The SMILES string of the molecule is COc1ccccc1-c1cc(-c2cc(C(C)(C)C)cc(C(C)(C)C)c2)cc(-c2cc(-c3cc(-c4cccc5c4[nH]c4ccccc45)ccn3)cc(N(c3ccccc3)c3ccccc3)c2)n1. The van der Waals surface area contributed by atoms with Gasteiger partial charge in [0.05, 0.1) is 29.7 Å². The molecule has 0 aliphatic carbocycles. The van der Waals surface area contributed by atoms with Crippen LogP contribution >= 0.6 is 0 Å². The summed E-state index contributed by atoms with van der Waals surface area (Å²) in [5, 5.41) is 2.41. The molecule has 324 valence electrons. The highest BCUT2D eigenvalue weighted by atomic mass is 16.5. The fourth-order valence-corrected chi connectivity index (χ4v) is 9.01. The largest absolute Gasteiger partial charge is 0.496 e. The number of nitrogens with zero attached hydrogens (tertiary/aromatic N) is 3. The zero-order valence-electron chi connectivity index (χ0n) is 38.7. The van der Waals surface area contributed by atoms with Crippen molar-refractivity contribution < 1.29 is 4.74 Å². The van der Waals surface area contributed by atoms with Crippen LogP contribution < -0.4 is 9.64 Å². The summed E-state index contributed by atoms with van der Waals surface area (Å²) in [7, 11) is 1.73. The molecule has 3 aromatic heterocycles. The zero-order valence-corrected chi connectivity index (χ0v) is 38.7. The van der Waals surface area contributed by atoms with E-state index in [0.29, 0.717) is 0 Å². The van der Waals surface area contributed by atoms with Crippen LogP contribution in [0, 0.1) is 0 Å². The van der Waals surface area contributed by atoms with E-state index in [1.54, 1.807) is 7.11 Å². The zero-order chi connectivity index (χ0) is 45.6. The standard InChI is InChI=1S/C61H54N4O/c1-60(2,3)45-32-41(33-46(39-45)61(4,5)6)42-37-56(63-57(38-42)53-24-15-17-28-58(53)66-7)44-31-43(34-49(35-44)65(47-19-10-8-11-20-47)48-21-12-9-13-22-48)55-36-40(29-30-62-55)50-25-18-26-52-51-23-14-16-27-54(51)64-59(50)52/h8-39,64H,1-7H3. The van der Waals surface area contributed by atoms with Crippen LogP contribution in [-0.4, -0.2) is 22.1 Å². The van der Waals surface area contributed by atoms with Gasteiger partial charge < -0.3 is 14.6 Å². The van der Waals surface area contributed by atoms with E-state index in [2.05, 4.69) is 227 Å². The third-order valence-corrected chi connectivity index (χ3v) is 12.6. The van der Waals surface area contributed by atoms with E-state index in [1.807, 2.05) is 18.3 Å². The number of rotatable bonds is 9. The maximum atomic E-state index is 5.98. The van der Waals surface area contributed by atoms with Gasteiger partial charge in [-0.05, 0) is 124 Å².